The molecule has 0 rings (SSSR count). The van der Waals surface area contributed by atoms with Crippen molar-refractivity contribution in [2.24, 2.45) is 5.92 Å². The minimum atomic E-state index is -0.774. The van der Waals surface area contributed by atoms with Crippen molar-refractivity contribution in [3.63, 3.8) is 0 Å². The Hall–Kier alpha value is -0.610. The second-order valence-corrected chi connectivity index (χ2v) is 4.36. The first kappa shape index (κ1) is 15.4. The quantitative estimate of drug-likeness (QED) is 0.636. The molecule has 2 unspecified atom stereocenters. The molecule has 0 bridgehead atoms. The van der Waals surface area contributed by atoms with Gasteiger partial charge < -0.3 is 9.84 Å². The van der Waals surface area contributed by atoms with Crippen molar-refractivity contribution in [2.75, 3.05) is 13.2 Å². The number of hydrogen-bond acceptors (Lipinski definition) is 3. The van der Waals surface area contributed by atoms with Gasteiger partial charge in [0, 0.05) is 12.6 Å². The molecule has 0 saturated heterocycles. The summed E-state index contributed by atoms with van der Waals surface area (Å²) in [5, 5.41) is 12.2. The van der Waals surface area contributed by atoms with Gasteiger partial charge >= 0.3 is 5.97 Å². The van der Waals surface area contributed by atoms with Gasteiger partial charge in [0.15, 0.2) is 0 Å². The number of aliphatic carboxylic acids is 1. The number of hydrogen-bond donors (Lipinski definition) is 2. The maximum Gasteiger partial charge on any atom is 0.320 e. The maximum absolute atomic E-state index is 11.0. The van der Waals surface area contributed by atoms with E-state index in [1.165, 1.54) is 0 Å². The molecule has 0 aromatic carbocycles. The van der Waals surface area contributed by atoms with E-state index in [1.807, 2.05) is 13.8 Å². The highest BCUT2D eigenvalue weighted by Gasteiger charge is 2.22. The lowest BCUT2D eigenvalue weighted by Crippen LogP contribution is -2.47. The molecule has 96 valence electrons. The number of rotatable bonds is 9. The average molecular weight is 231 g/mol. The zero-order valence-corrected chi connectivity index (χ0v) is 10.8. The lowest BCUT2D eigenvalue weighted by Gasteiger charge is -2.26. The zero-order chi connectivity index (χ0) is 12.6. The first-order chi connectivity index (χ1) is 7.52. The molecule has 2 atom stereocenters. The molecular weight excluding hydrogens is 206 g/mol. The zero-order valence-electron chi connectivity index (χ0n) is 10.8. The fourth-order valence-corrected chi connectivity index (χ4v) is 1.50. The Balaban J connectivity index is 4.26. The lowest BCUT2D eigenvalue weighted by molar-refractivity contribution is -0.140. The van der Waals surface area contributed by atoms with Gasteiger partial charge in [-0.3, -0.25) is 10.1 Å². The van der Waals surface area contributed by atoms with Crippen molar-refractivity contribution < 1.29 is 14.6 Å². The van der Waals surface area contributed by atoms with Gasteiger partial charge in [-0.25, -0.2) is 0 Å². The summed E-state index contributed by atoms with van der Waals surface area (Å²) in [6.45, 7) is 9.31. The van der Waals surface area contributed by atoms with Crippen molar-refractivity contribution in [3.8, 4) is 0 Å². The predicted molar refractivity (Wildman–Crippen MR) is 64.6 cm³/mol. The van der Waals surface area contributed by atoms with Crippen LogP contribution in [-0.4, -0.2) is 36.4 Å². The van der Waals surface area contributed by atoms with Crippen LogP contribution in [0.25, 0.3) is 0 Å². The molecule has 0 fully saturated rings. The molecule has 16 heavy (non-hydrogen) atoms. The van der Waals surface area contributed by atoms with Gasteiger partial charge in [-0.1, -0.05) is 27.2 Å². The van der Waals surface area contributed by atoms with Gasteiger partial charge in [0.1, 0.15) is 6.04 Å². The second kappa shape index (κ2) is 8.53. The summed E-state index contributed by atoms with van der Waals surface area (Å²) < 4.78 is 5.36. The minimum Gasteiger partial charge on any atom is -0.480 e. The molecule has 0 saturated carbocycles. The van der Waals surface area contributed by atoms with Crippen LogP contribution in [0.3, 0.4) is 0 Å². The fourth-order valence-electron chi connectivity index (χ4n) is 1.50. The van der Waals surface area contributed by atoms with Gasteiger partial charge in [-0.2, -0.15) is 0 Å². The molecule has 2 N–H and O–H groups in total. The summed E-state index contributed by atoms with van der Waals surface area (Å²) in [5.74, 6) is -0.408. The molecule has 0 heterocycles. The SMILES string of the molecule is CCCC(NC(COCC)C(C)C)C(=O)O. The van der Waals surface area contributed by atoms with E-state index in [4.69, 9.17) is 9.84 Å². The first-order valence-corrected chi connectivity index (χ1v) is 6.09. The van der Waals surface area contributed by atoms with Gasteiger partial charge in [-0.05, 0) is 19.3 Å². The maximum atomic E-state index is 11.0. The van der Waals surface area contributed by atoms with E-state index in [-0.39, 0.29) is 6.04 Å². The molecule has 0 aliphatic heterocycles. The standard InChI is InChI=1S/C12H25NO3/c1-5-7-10(12(14)15)13-11(9(3)4)8-16-6-2/h9-11,13H,5-8H2,1-4H3,(H,14,15). The van der Waals surface area contributed by atoms with Crippen LogP contribution >= 0.6 is 0 Å². The molecule has 0 aromatic heterocycles. The third-order valence-electron chi connectivity index (χ3n) is 2.60. The Morgan fingerprint density at radius 1 is 1.38 bits per heavy atom. The predicted octanol–water partition coefficient (Wildman–Crippen LogP) is 1.89. The van der Waals surface area contributed by atoms with Gasteiger partial charge in [0.05, 0.1) is 6.61 Å². The fraction of sp³-hybridized carbons (Fsp3) is 0.917. The third-order valence-corrected chi connectivity index (χ3v) is 2.60. The number of ether oxygens (including phenoxy) is 1. The van der Waals surface area contributed by atoms with E-state index in [0.717, 1.165) is 6.42 Å². The van der Waals surface area contributed by atoms with E-state index >= 15 is 0 Å². The molecule has 0 aliphatic carbocycles. The summed E-state index contributed by atoms with van der Waals surface area (Å²) in [6.07, 6.45) is 1.52. The second-order valence-electron chi connectivity index (χ2n) is 4.36. The molecule has 4 nitrogen and oxygen atoms in total. The monoisotopic (exact) mass is 231 g/mol. The number of carboxylic acids is 1. The van der Waals surface area contributed by atoms with Crippen molar-refractivity contribution in [2.45, 2.75) is 52.6 Å². The van der Waals surface area contributed by atoms with E-state index in [1.54, 1.807) is 0 Å². The molecule has 4 heteroatoms. The van der Waals surface area contributed by atoms with E-state index in [0.29, 0.717) is 25.6 Å². The van der Waals surface area contributed by atoms with E-state index in [9.17, 15) is 4.79 Å². The van der Waals surface area contributed by atoms with Crippen LogP contribution in [-0.2, 0) is 9.53 Å². The van der Waals surface area contributed by atoms with Crippen molar-refractivity contribution >= 4 is 5.97 Å². The molecule has 0 aromatic rings. The molecule has 0 radical (unpaired) electrons. The normalized spacial score (nSPS) is 15.1. The molecule has 0 aliphatic rings. The van der Waals surface area contributed by atoms with Gasteiger partial charge in [0.25, 0.3) is 0 Å². The summed E-state index contributed by atoms with van der Waals surface area (Å²) in [5.41, 5.74) is 0. The minimum absolute atomic E-state index is 0.104. The van der Waals surface area contributed by atoms with Crippen molar-refractivity contribution in [1.29, 1.82) is 0 Å². The van der Waals surface area contributed by atoms with Crippen LogP contribution in [0.1, 0.15) is 40.5 Å². The molecule has 0 spiro atoms. The number of carbonyl (C=O) groups is 1. The Morgan fingerprint density at radius 2 is 2.00 bits per heavy atom. The highest BCUT2D eigenvalue weighted by atomic mass is 16.5. The van der Waals surface area contributed by atoms with Crippen LogP contribution in [0.5, 0.6) is 0 Å². The summed E-state index contributed by atoms with van der Waals surface area (Å²) in [4.78, 5) is 11.0. The number of carboxylic acid groups (broad SMARTS) is 1. The van der Waals surface area contributed by atoms with Gasteiger partial charge in [-0.15, -0.1) is 0 Å². The van der Waals surface area contributed by atoms with E-state index in [2.05, 4.69) is 19.2 Å². The number of nitrogens with one attached hydrogen (secondary N) is 1. The Morgan fingerprint density at radius 3 is 2.38 bits per heavy atom. The lowest BCUT2D eigenvalue weighted by atomic mass is 10.0. The average Bonchev–Trinajstić information content (AvgIpc) is 2.21. The van der Waals surface area contributed by atoms with Crippen molar-refractivity contribution in [3.05, 3.63) is 0 Å². The largest absolute Gasteiger partial charge is 0.480 e. The van der Waals surface area contributed by atoms with E-state index < -0.39 is 12.0 Å². The summed E-state index contributed by atoms with van der Waals surface area (Å²) >= 11 is 0. The van der Waals surface area contributed by atoms with Crippen LogP contribution in [0, 0.1) is 5.92 Å². The summed E-state index contributed by atoms with van der Waals surface area (Å²) in [7, 11) is 0. The Labute approximate surface area is 98.4 Å². The van der Waals surface area contributed by atoms with Crippen LogP contribution in [0.4, 0.5) is 0 Å². The first-order valence-electron chi connectivity index (χ1n) is 6.09. The van der Waals surface area contributed by atoms with Gasteiger partial charge in [0.2, 0.25) is 0 Å². The topological polar surface area (TPSA) is 58.6 Å². The smallest absolute Gasteiger partial charge is 0.320 e. The Bertz CT molecular complexity index is 195. The van der Waals surface area contributed by atoms with Crippen molar-refractivity contribution in [1.82, 2.24) is 5.32 Å². The highest BCUT2D eigenvalue weighted by Crippen LogP contribution is 2.06. The van der Waals surface area contributed by atoms with Crippen LogP contribution in [0.2, 0.25) is 0 Å². The Kier molecular flexibility index (Phi) is 8.21. The summed E-state index contributed by atoms with van der Waals surface area (Å²) in [6, 6.07) is -0.356. The van der Waals surface area contributed by atoms with Crippen LogP contribution < -0.4 is 5.32 Å². The molecular formula is C12H25NO3. The van der Waals surface area contributed by atoms with Crippen LogP contribution in [0.15, 0.2) is 0 Å². The highest BCUT2D eigenvalue weighted by molar-refractivity contribution is 5.73. The molecule has 0 amide bonds. The third kappa shape index (κ3) is 6.08.